The van der Waals surface area contributed by atoms with Crippen LogP contribution in [0.25, 0.3) is 0 Å². The Labute approximate surface area is 89.8 Å². The lowest BCUT2D eigenvalue weighted by Crippen LogP contribution is -2.41. The lowest BCUT2D eigenvalue weighted by Gasteiger charge is -2.27. The molecular formula is C11H17NO3. The van der Waals surface area contributed by atoms with Gasteiger partial charge < -0.3 is 14.4 Å². The van der Waals surface area contributed by atoms with Gasteiger partial charge in [0.05, 0.1) is 19.8 Å². The molecule has 0 bridgehead atoms. The van der Waals surface area contributed by atoms with Crippen molar-refractivity contribution >= 4 is 5.91 Å². The molecule has 0 saturated carbocycles. The van der Waals surface area contributed by atoms with Crippen molar-refractivity contribution in [3.63, 3.8) is 0 Å². The Balaban J connectivity index is 1.95. The van der Waals surface area contributed by atoms with Crippen LogP contribution >= 0.6 is 0 Å². The molecule has 0 aromatic carbocycles. The third-order valence-corrected chi connectivity index (χ3v) is 2.69. The fraction of sp³-hybridized carbons (Fsp3) is 0.727. The summed E-state index contributed by atoms with van der Waals surface area (Å²) in [5.74, 6) is 0.564. The minimum atomic E-state index is 0.0280. The third-order valence-electron chi connectivity index (χ3n) is 2.69. The highest BCUT2D eigenvalue weighted by Gasteiger charge is 2.22. The molecule has 0 spiro atoms. The molecule has 0 N–H and O–H groups in total. The summed E-state index contributed by atoms with van der Waals surface area (Å²) in [4.78, 5) is 13.8. The van der Waals surface area contributed by atoms with E-state index in [1.807, 2.05) is 6.08 Å². The second-order valence-corrected chi connectivity index (χ2v) is 3.82. The monoisotopic (exact) mass is 211 g/mol. The molecular weight excluding hydrogens is 194 g/mol. The first kappa shape index (κ1) is 10.5. The van der Waals surface area contributed by atoms with Crippen molar-refractivity contribution in [1.82, 2.24) is 4.90 Å². The molecule has 2 rings (SSSR count). The van der Waals surface area contributed by atoms with E-state index in [1.54, 1.807) is 4.90 Å². The first-order valence-corrected chi connectivity index (χ1v) is 5.58. The standard InChI is InChI=1S/C11H17NO3/c13-11(12-5-8-14-9-6-12)10-4-2-1-3-7-15-10/h4H,1-3,5-9H2. The van der Waals surface area contributed by atoms with Crippen molar-refractivity contribution in [1.29, 1.82) is 0 Å². The van der Waals surface area contributed by atoms with E-state index in [2.05, 4.69) is 0 Å². The number of allylic oxidation sites excluding steroid dienone is 1. The van der Waals surface area contributed by atoms with Gasteiger partial charge in [0.1, 0.15) is 0 Å². The molecule has 2 aliphatic rings. The number of hydrogen-bond donors (Lipinski definition) is 0. The predicted octanol–water partition coefficient (Wildman–Crippen LogP) is 0.930. The molecule has 15 heavy (non-hydrogen) atoms. The number of ether oxygens (including phenoxy) is 2. The van der Waals surface area contributed by atoms with Crippen LogP contribution in [-0.2, 0) is 14.3 Å². The second-order valence-electron chi connectivity index (χ2n) is 3.82. The summed E-state index contributed by atoms with van der Waals surface area (Å²) < 4.78 is 10.7. The highest BCUT2D eigenvalue weighted by atomic mass is 16.5. The summed E-state index contributed by atoms with van der Waals surface area (Å²) in [6.07, 6.45) is 5.02. The maximum absolute atomic E-state index is 12.0. The molecule has 1 fully saturated rings. The van der Waals surface area contributed by atoms with Crippen molar-refractivity contribution in [3.05, 3.63) is 11.8 Å². The molecule has 0 aromatic rings. The zero-order valence-electron chi connectivity index (χ0n) is 8.91. The lowest BCUT2D eigenvalue weighted by atomic mass is 10.2. The first-order chi connectivity index (χ1) is 7.38. The Morgan fingerprint density at radius 1 is 1.20 bits per heavy atom. The van der Waals surface area contributed by atoms with E-state index in [0.717, 1.165) is 19.3 Å². The van der Waals surface area contributed by atoms with Gasteiger partial charge in [-0.3, -0.25) is 4.79 Å². The first-order valence-electron chi connectivity index (χ1n) is 5.58. The van der Waals surface area contributed by atoms with Crippen LogP contribution in [0.2, 0.25) is 0 Å². The minimum Gasteiger partial charge on any atom is -0.488 e. The fourth-order valence-electron chi connectivity index (χ4n) is 1.79. The molecule has 0 aromatic heterocycles. The molecule has 2 aliphatic heterocycles. The molecule has 4 nitrogen and oxygen atoms in total. The van der Waals surface area contributed by atoms with Crippen LogP contribution in [0, 0.1) is 0 Å². The Morgan fingerprint density at radius 3 is 2.80 bits per heavy atom. The lowest BCUT2D eigenvalue weighted by molar-refractivity contribution is -0.134. The van der Waals surface area contributed by atoms with Gasteiger partial charge in [-0.05, 0) is 25.3 Å². The molecule has 4 heteroatoms. The van der Waals surface area contributed by atoms with E-state index in [1.165, 1.54) is 0 Å². The highest BCUT2D eigenvalue weighted by molar-refractivity contribution is 5.91. The van der Waals surface area contributed by atoms with Gasteiger partial charge in [0.15, 0.2) is 5.76 Å². The van der Waals surface area contributed by atoms with E-state index in [9.17, 15) is 4.79 Å². The smallest absolute Gasteiger partial charge is 0.288 e. The zero-order valence-corrected chi connectivity index (χ0v) is 8.91. The molecule has 1 saturated heterocycles. The zero-order chi connectivity index (χ0) is 10.5. The minimum absolute atomic E-state index is 0.0280. The van der Waals surface area contributed by atoms with E-state index in [-0.39, 0.29) is 5.91 Å². The summed E-state index contributed by atoms with van der Waals surface area (Å²) >= 11 is 0. The van der Waals surface area contributed by atoms with Gasteiger partial charge in [0.25, 0.3) is 5.91 Å². The summed E-state index contributed by atoms with van der Waals surface area (Å²) in [7, 11) is 0. The van der Waals surface area contributed by atoms with Crippen molar-refractivity contribution in [2.75, 3.05) is 32.9 Å². The molecule has 84 valence electrons. The second kappa shape index (κ2) is 5.16. The van der Waals surface area contributed by atoms with E-state index in [4.69, 9.17) is 9.47 Å². The topological polar surface area (TPSA) is 38.8 Å². The molecule has 0 unspecified atom stereocenters. The van der Waals surface area contributed by atoms with Crippen LogP contribution in [0.15, 0.2) is 11.8 Å². The van der Waals surface area contributed by atoms with Crippen LogP contribution in [-0.4, -0.2) is 43.7 Å². The molecule has 0 radical (unpaired) electrons. The Kier molecular flexibility index (Phi) is 3.61. The van der Waals surface area contributed by atoms with Crippen LogP contribution in [0.4, 0.5) is 0 Å². The number of carbonyl (C=O) groups is 1. The van der Waals surface area contributed by atoms with Gasteiger partial charge in [-0.2, -0.15) is 0 Å². The maximum atomic E-state index is 12.0. The largest absolute Gasteiger partial charge is 0.488 e. The van der Waals surface area contributed by atoms with Gasteiger partial charge in [0, 0.05) is 13.1 Å². The van der Waals surface area contributed by atoms with Crippen LogP contribution in [0.5, 0.6) is 0 Å². The van der Waals surface area contributed by atoms with Gasteiger partial charge >= 0.3 is 0 Å². The average molecular weight is 211 g/mol. The Hall–Kier alpha value is -1.03. The van der Waals surface area contributed by atoms with Crippen LogP contribution in [0.3, 0.4) is 0 Å². The van der Waals surface area contributed by atoms with Crippen molar-refractivity contribution in [3.8, 4) is 0 Å². The highest BCUT2D eigenvalue weighted by Crippen LogP contribution is 2.13. The Bertz CT molecular complexity index is 257. The van der Waals surface area contributed by atoms with Crippen molar-refractivity contribution in [2.24, 2.45) is 0 Å². The van der Waals surface area contributed by atoms with Gasteiger partial charge in [-0.15, -0.1) is 0 Å². The van der Waals surface area contributed by atoms with Gasteiger partial charge in [-0.1, -0.05) is 0 Å². The Morgan fingerprint density at radius 2 is 2.00 bits per heavy atom. The quantitative estimate of drug-likeness (QED) is 0.647. The predicted molar refractivity (Wildman–Crippen MR) is 55.3 cm³/mol. The van der Waals surface area contributed by atoms with Crippen molar-refractivity contribution in [2.45, 2.75) is 19.3 Å². The number of hydrogen-bond acceptors (Lipinski definition) is 3. The van der Waals surface area contributed by atoms with E-state index < -0.39 is 0 Å². The number of rotatable bonds is 1. The van der Waals surface area contributed by atoms with Gasteiger partial charge in [-0.25, -0.2) is 0 Å². The molecule has 1 amide bonds. The van der Waals surface area contributed by atoms with Crippen LogP contribution in [0.1, 0.15) is 19.3 Å². The van der Waals surface area contributed by atoms with Crippen LogP contribution < -0.4 is 0 Å². The van der Waals surface area contributed by atoms with Crippen molar-refractivity contribution < 1.29 is 14.3 Å². The van der Waals surface area contributed by atoms with Gasteiger partial charge in [0.2, 0.25) is 0 Å². The number of nitrogens with zero attached hydrogens (tertiary/aromatic N) is 1. The third kappa shape index (κ3) is 2.72. The maximum Gasteiger partial charge on any atom is 0.288 e. The van der Waals surface area contributed by atoms with E-state index >= 15 is 0 Å². The molecule has 2 heterocycles. The summed E-state index contributed by atoms with van der Waals surface area (Å²) in [5.41, 5.74) is 0. The molecule has 0 aliphatic carbocycles. The average Bonchev–Trinajstić information content (AvgIpc) is 2.58. The molecule has 0 atom stereocenters. The number of morpholine rings is 1. The fourth-order valence-corrected chi connectivity index (χ4v) is 1.79. The summed E-state index contributed by atoms with van der Waals surface area (Å²) in [5, 5.41) is 0. The number of amides is 1. The normalized spacial score (nSPS) is 22.7. The summed E-state index contributed by atoms with van der Waals surface area (Å²) in [6.45, 7) is 3.30. The van der Waals surface area contributed by atoms with E-state index in [0.29, 0.717) is 38.7 Å². The SMILES string of the molecule is O=C(C1=CCCCCO1)N1CCOCC1. The number of carbonyl (C=O) groups excluding carboxylic acids is 1. The summed E-state index contributed by atoms with van der Waals surface area (Å²) in [6, 6.07) is 0.